The van der Waals surface area contributed by atoms with Gasteiger partial charge < -0.3 is 10.1 Å². The lowest BCUT2D eigenvalue weighted by atomic mass is 9.89. The smallest absolute Gasteiger partial charge is 0.0509 e. The van der Waals surface area contributed by atoms with E-state index in [-0.39, 0.29) is 0 Å². The predicted octanol–water partition coefficient (Wildman–Crippen LogP) is 3.20. The summed E-state index contributed by atoms with van der Waals surface area (Å²) in [4.78, 5) is 0. The molecule has 2 heteroatoms. The van der Waals surface area contributed by atoms with Gasteiger partial charge in [-0.15, -0.1) is 0 Å². The summed E-state index contributed by atoms with van der Waals surface area (Å²) in [5, 5.41) is 3.65. The summed E-state index contributed by atoms with van der Waals surface area (Å²) in [5.74, 6) is 0.666. The first kappa shape index (κ1) is 14.5. The van der Waals surface area contributed by atoms with E-state index in [0.29, 0.717) is 12.0 Å². The van der Waals surface area contributed by atoms with Gasteiger partial charge in [0.1, 0.15) is 0 Å². The Labute approximate surface area is 117 Å². The number of benzene rings is 1. The maximum Gasteiger partial charge on any atom is 0.0509 e. The van der Waals surface area contributed by atoms with Gasteiger partial charge in [-0.2, -0.15) is 0 Å². The summed E-state index contributed by atoms with van der Waals surface area (Å²) < 4.78 is 5.64. The first-order chi connectivity index (χ1) is 9.33. The molecule has 2 unspecified atom stereocenters. The van der Waals surface area contributed by atoms with Crippen LogP contribution in [0.5, 0.6) is 0 Å². The molecule has 1 fully saturated rings. The van der Waals surface area contributed by atoms with E-state index >= 15 is 0 Å². The fourth-order valence-corrected chi connectivity index (χ4v) is 2.92. The molecule has 1 saturated heterocycles. The van der Waals surface area contributed by atoms with Crippen molar-refractivity contribution in [3.63, 3.8) is 0 Å². The number of ether oxygens (including phenoxy) is 1. The van der Waals surface area contributed by atoms with Gasteiger partial charge in [-0.25, -0.2) is 0 Å². The van der Waals surface area contributed by atoms with Crippen LogP contribution in [0.2, 0.25) is 0 Å². The molecule has 0 radical (unpaired) electrons. The van der Waals surface area contributed by atoms with Crippen molar-refractivity contribution in [1.82, 2.24) is 5.32 Å². The fourth-order valence-electron chi connectivity index (χ4n) is 2.92. The van der Waals surface area contributed by atoms with Crippen LogP contribution in [0.1, 0.15) is 37.8 Å². The average Bonchev–Trinajstić information content (AvgIpc) is 2.48. The van der Waals surface area contributed by atoms with Gasteiger partial charge in [0.05, 0.1) is 6.61 Å². The molecule has 0 spiro atoms. The Hall–Kier alpha value is -0.860. The minimum Gasteiger partial charge on any atom is -0.381 e. The predicted molar refractivity (Wildman–Crippen MR) is 80.5 cm³/mol. The molecule has 1 aliphatic heterocycles. The number of aryl methyl sites for hydroxylation is 1. The number of likely N-dealkylation sites (N-methyl/N-ethyl adjacent to an activating group) is 1. The molecule has 2 nitrogen and oxygen atoms in total. The molecule has 1 aromatic carbocycles. The highest BCUT2D eigenvalue weighted by Crippen LogP contribution is 2.20. The molecule has 1 heterocycles. The van der Waals surface area contributed by atoms with E-state index in [1.165, 1.54) is 24.0 Å². The average molecular weight is 261 g/mol. The van der Waals surface area contributed by atoms with Crippen LogP contribution in [0.4, 0.5) is 0 Å². The summed E-state index contributed by atoms with van der Waals surface area (Å²) in [7, 11) is 0. The minimum absolute atomic E-state index is 0.553. The molecule has 0 bridgehead atoms. The van der Waals surface area contributed by atoms with Gasteiger partial charge in [0.2, 0.25) is 0 Å². The SMILES string of the molecule is CCNC(Cc1ccc(CC)cc1)C1CCCOC1. The van der Waals surface area contributed by atoms with Crippen LogP contribution >= 0.6 is 0 Å². The number of hydrogen-bond donors (Lipinski definition) is 1. The molecular weight excluding hydrogens is 234 g/mol. The van der Waals surface area contributed by atoms with Crippen LogP contribution < -0.4 is 5.32 Å². The van der Waals surface area contributed by atoms with E-state index in [9.17, 15) is 0 Å². The van der Waals surface area contributed by atoms with Crippen molar-refractivity contribution in [3.8, 4) is 0 Å². The van der Waals surface area contributed by atoms with E-state index in [1.807, 2.05) is 0 Å². The molecule has 0 amide bonds. The molecule has 106 valence electrons. The lowest BCUT2D eigenvalue weighted by Crippen LogP contribution is -2.41. The number of nitrogens with one attached hydrogen (secondary N) is 1. The van der Waals surface area contributed by atoms with E-state index in [4.69, 9.17) is 4.74 Å². The Morgan fingerprint density at radius 2 is 1.95 bits per heavy atom. The van der Waals surface area contributed by atoms with Crippen molar-refractivity contribution < 1.29 is 4.74 Å². The van der Waals surface area contributed by atoms with Gasteiger partial charge in [0.15, 0.2) is 0 Å². The van der Waals surface area contributed by atoms with E-state index in [2.05, 4.69) is 43.4 Å². The third kappa shape index (κ3) is 4.32. The monoisotopic (exact) mass is 261 g/mol. The van der Waals surface area contributed by atoms with Gasteiger partial charge in [-0.05, 0) is 49.3 Å². The van der Waals surface area contributed by atoms with Crippen molar-refractivity contribution in [2.45, 2.75) is 45.6 Å². The summed E-state index contributed by atoms with van der Waals surface area (Å²) >= 11 is 0. The Bertz CT molecular complexity index is 354. The lowest BCUT2D eigenvalue weighted by molar-refractivity contribution is 0.0396. The van der Waals surface area contributed by atoms with Crippen LogP contribution in [-0.4, -0.2) is 25.8 Å². The van der Waals surface area contributed by atoms with Gasteiger partial charge in [0.25, 0.3) is 0 Å². The largest absolute Gasteiger partial charge is 0.381 e. The van der Waals surface area contributed by atoms with Gasteiger partial charge >= 0.3 is 0 Å². The molecule has 0 aromatic heterocycles. The first-order valence-electron chi connectivity index (χ1n) is 7.72. The second-order valence-electron chi connectivity index (χ2n) is 5.52. The first-order valence-corrected chi connectivity index (χ1v) is 7.72. The Balaban J connectivity index is 1.97. The van der Waals surface area contributed by atoms with Crippen LogP contribution in [0, 0.1) is 5.92 Å². The Kier molecular flexibility index (Phi) is 5.87. The van der Waals surface area contributed by atoms with Crippen molar-refractivity contribution in [3.05, 3.63) is 35.4 Å². The summed E-state index contributed by atoms with van der Waals surface area (Å²) in [6, 6.07) is 9.64. The molecule has 2 atom stereocenters. The van der Waals surface area contributed by atoms with Crippen molar-refractivity contribution >= 4 is 0 Å². The zero-order valence-electron chi connectivity index (χ0n) is 12.3. The topological polar surface area (TPSA) is 21.3 Å². The molecule has 2 rings (SSSR count). The van der Waals surface area contributed by atoms with Crippen LogP contribution in [0.3, 0.4) is 0 Å². The molecule has 1 N–H and O–H groups in total. The van der Waals surface area contributed by atoms with Crippen molar-refractivity contribution in [2.75, 3.05) is 19.8 Å². The second kappa shape index (κ2) is 7.66. The minimum atomic E-state index is 0.553. The number of hydrogen-bond acceptors (Lipinski definition) is 2. The normalized spacial score (nSPS) is 21.3. The molecule has 1 aliphatic rings. The van der Waals surface area contributed by atoms with E-state index in [1.54, 1.807) is 0 Å². The van der Waals surface area contributed by atoms with Crippen LogP contribution in [0.15, 0.2) is 24.3 Å². The van der Waals surface area contributed by atoms with Gasteiger partial charge in [-0.1, -0.05) is 38.1 Å². The fraction of sp³-hybridized carbons (Fsp3) is 0.647. The summed E-state index contributed by atoms with van der Waals surface area (Å²) in [5.41, 5.74) is 2.86. The zero-order chi connectivity index (χ0) is 13.5. The Morgan fingerprint density at radius 3 is 2.53 bits per heavy atom. The quantitative estimate of drug-likeness (QED) is 0.849. The molecule has 0 aliphatic carbocycles. The zero-order valence-corrected chi connectivity index (χ0v) is 12.3. The highest BCUT2D eigenvalue weighted by molar-refractivity contribution is 5.23. The molecule has 1 aromatic rings. The maximum atomic E-state index is 5.64. The second-order valence-corrected chi connectivity index (χ2v) is 5.52. The lowest BCUT2D eigenvalue weighted by Gasteiger charge is -2.31. The summed E-state index contributed by atoms with van der Waals surface area (Å²) in [6.07, 6.45) is 4.74. The molecule has 0 saturated carbocycles. The highest BCUT2D eigenvalue weighted by Gasteiger charge is 2.23. The molecular formula is C17H27NO. The highest BCUT2D eigenvalue weighted by atomic mass is 16.5. The molecule has 19 heavy (non-hydrogen) atoms. The van der Waals surface area contributed by atoms with Crippen LogP contribution in [0.25, 0.3) is 0 Å². The summed E-state index contributed by atoms with van der Waals surface area (Å²) in [6.45, 7) is 7.30. The standard InChI is InChI=1S/C17H27NO/c1-3-14-7-9-15(10-8-14)12-17(18-4-2)16-6-5-11-19-13-16/h7-10,16-18H,3-6,11-13H2,1-2H3. The van der Waals surface area contributed by atoms with E-state index in [0.717, 1.165) is 32.6 Å². The van der Waals surface area contributed by atoms with E-state index < -0.39 is 0 Å². The van der Waals surface area contributed by atoms with Gasteiger partial charge in [0, 0.05) is 12.6 Å². The maximum absolute atomic E-state index is 5.64. The van der Waals surface area contributed by atoms with Crippen molar-refractivity contribution in [2.24, 2.45) is 5.92 Å². The van der Waals surface area contributed by atoms with Gasteiger partial charge in [-0.3, -0.25) is 0 Å². The van der Waals surface area contributed by atoms with Crippen molar-refractivity contribution in [1.29, 1.82) is 0 Å². The third-order valence-electron chi connectivity index (χ3n) is 4.12. The number of rotatable bonds is 6. The van der Waals surface area contributed by atoms with Crippen LogP contribution in [-0.2, 0) is 17.6 Å². The Morgan fingerprint density at radius 1 is 1.21 bits per heavy atom. The third-order valence-corrected chi connectivity index (χ3v) is 4.12.